The van der Waals surface area contributed by atoms with Crippen LogP contribution in [0.1, 0.15) is 39.2 Å². The molecule has 0 saturated carbocycles. The lowest BCUT2D eigenvalue weighted by atomic mass is 9.96. The Morgan fingerprint density at radius 3 is 1.42 bits per heavy atom. The average molecular weight is 779 g/mol. The highest BCUT2D eigenvalue weighted by Crippen LogP contribution is 2.36. The molecule has 0 aliphatic heterocycles. The fraction of sp³-hybridized carbons (Fsp3) is 0.529. The zero-order valence-corrected chi connectivity index (χ0v) is 22.7. The zero-order valence-electron chi connectivity index (χ0n) is 16.3. The van der Waals surface area contributed by atoms with E-state index in [1.165, 1.54) is 6.92 Å². The third kappa shape index (κ3) is 7.03. The molecular weight excluding hydrogens is 755 g/mol. The van der Waals surface area contributed by atoms with Crippen LogP contribution in [0.15, 0.2) is 0 Å². The summed E-state index contributed by atoms with van der Waals surface area (Å²) in [7, 11) is 0. The summed E-state index contributed by atoms with van der Waals surface area (Å²) in [6.07, 6.45) is -1.11. The van der Waals surface area contributed by atoms with Gasteiger partial charge in [0.05, 0.1) is 61.8 Å². The normalized spacial score (nSPS) is 13.4. The summed E-state index contributed by atoms with van der Waals surface area (Å²) < 4.78 is 0.906. The molecule has 0 aromatic heterocycles. The van der Waals surface area contributed by atoms with Crippen molar-refractivity contribution in [2.24, 2.45) is 0 Å². The Bertz CT molecular complexity index is 735. The number of hydroxylamine groups is 1. The van der Waals surface area contributed by atoms with Gasteiger partial charge in [-0.15, -0.1) is 0 Å². The lowest BCUT2D eigenvalue weighted by molar-refractivity contribution is 0.0473. The molecule has 0 heterocycles. The van der Waals surface area contributed by atoms with Crippen molar-refractivity contribution in [3.8, 4) is 0 Å². The average Bonchev–Trinajstić information content (AvgIpc) is 2.72. The molecule has 0 radical (unpaired) electrons. The molecule has 0 fully saturated rings. The third-order valence-corrected chi connectivity index (χ3v) is 7.61. The minimum Gasteiger partial charge on any atom is -0.394 e. The summed E-state index contributed by atoms with van der Waals surface area (Å²) in [5.74, 6) is -1.37. The molecule has 0 aliphatic rings. The molecule has 0 bridgehead atoms. The maximum Gasteiger partial charge on any atom is 0.253 e. The second-order valence-corrected chi connectivity index (χ2v) is 9.76. The summed E-state index contributed by atoms with van der Waals surface area (Å²) in [6, 6.07) is -2.92. The van der Waals surface area contributed by atoms with Crippen LogP contribution in [-0.4, -0.2) is 87.2 Å². The van der Waals surface area contributed by atoms with Gasteiger partial charge < -0.3 is 41.4 Å². The summed E-state index contributed by atoms with van der Waals surface area (Å²) in [4.78, 5) is 25.9. The van der Waals surface area contributed by atoms with E-state index >= 15 is 0 Å². The standard InChI is InChI=1S/C17H24I3N3O8/c1-6(28)15(23-31)9-12(18)10(16(29)21-7(2-24)3-25)14(20)11(13(9)19)17(30)22-8(4-26)5-27/h6-8,15,23-28,31H,2-5H2,1H3,(H,21,29)(H,22,30)/t6-,15?/m0/s1. The minimum atomic E-state index is -1.11. The molecule has 0 saturated heterocycles. The first kappa shape index (κ1) is 29.1. The van der Waals surface area contributed by atoms with Gasteiger partial charge in [-0.25, -0.2) is 0 Å². The fourth-order valence-corrected chi connectivity index (χ4v) is 7.40. The van der Waals surface area contributed by atoms with E-state index in [0.717, 1.165) is 0 Å². The number of hydrogen-bond acceptors (Lipinski definition) is 9. The number of carbonyl (C=O) groups is 2. The number of aliphatic hydroxyl groups excluding tert-OH is 5. The number of rotatable bonds is 11. The number of hydrogen-bond donors (Lipinski definition) is 9. The van der Waals surface area contributed by atoms with Crippen LogP contribution in [0, 0.1) is 10.7 Å². The smallest absolute Gasteiger partial charge is 0.253 e. The summed E-state index contributed by atoms with van der Waals surface area (Å²) in [5.41, 5.74) is 2.35. The molecule has 31 heavy (non-hydrogen) atoms. The molecule has 14 heteroatoms. The summed E-state index contributed by atoms with van der Waals surface area (Å²) >= 11 is 5.53. The van der Waals surface area contributed by atoms with Crippen LogP contribution >= 0.6 is 67.8 Å². The van der Waals surface area contributed by atoms with E-state index < -0.39 is 62.5 Å². The number of halogens is 3. The third-order valence-electron chi connectivity index (χ3n) is 4.29. The van der Waals surface area contributed by atoms with Crippen LogP contribution in [0.3, 0.4) is 0 Å². The van der Waals surface area contributed by atoms with Gasteiger partial charge in [0.2, 0.25) is 0 Å². The van der Waals surface area contributed by atoms with E-state index in [-0.39, 0.29) is 20.3 Å². The van der Waals surface area contributed by atoms with Crippen molar-refractivity contribution in [3.63, 3.8) is 0 Å². The Hall–Kier alpha value is 0.0700. The van der Waals surface area contributed by atoms with E-state index in [9.17, 15) is 40.3 Å². The van der Waals surface area contributed by atoms with E-state index in [1.807, 2.05) is 73.3 Å². The Balaban J connectivity index is 3.77. The maximum absolute atomic E-state index is 13.0. The molecular formula is C17H24I3N3O8. The predicted octanol–water partition coefficient (Wildman–Crippen LogP) is -0.933. The molecule has 0 aliphatic carbocycles. The molecule has 1 aromatic rings. The van der Waals surface area contributed by atoms with E-state index in [0.29, 0.717) is 7.14 Å². The molecule has 1 unspecified atom stereocenters. The number of nitrogens with one attached hydrogen (secondary N) is 3. The molecule has 176 valence electrons. The van der Waals surface area contributed by atoms with Crippen LogP contribution in [0.4, 0.5) is 0 Å². The van der Waals surface area contributed by atoms with Gasteiger partial charge in [0.1, 0.15) is 0 Å². The van der Waals surface area contributed by atoms with Gasteiger partial charge >= 0.3 is 0 Å². The summed E-state index contributed by atoms with van der Waals surface area (Å²) in [6.45, 7) is -0.628. The van der Waals surface area contributed by atoms with Crippen molar-refractivity contribution in [3.05, 3.63) is 27.4 Å². The highest BCUT2D eigenvalue weighted by atomic mass is 127. The van der Waals surface area contributed by atoms with Gasteiger partial charge in [-0.2, -0.15) is 5.48 Å². The predicted molar refractivity (Wildman–Crippen MR) is 135 cm³/mol. The van der Waals surface area contributed by atoms with Gasteiger partial charge in [-0.3, -0.25) is 9.59 Å². The molecule has 0 spiro atoms. The molecule has 11 nitrogen and oxygen atoms in total. The highest BCUT2D eigenvalue weighted by molar-refractivity contribution is 14.1. The number of carbonyl (C=O) groups excluding carboxylic acids is 2. The van der Waals surface area contributed by atoms with Crippen LogP contribution < -0.4 is 16.1 Å². The number of benzene rings is 1. The summed E-state index contributed by atoms with van der Waals surface area (Å²) in [5, 5.41) is 61.8. The monoisotopic (exact) mass is 779 g/mol. The quantitative estimate of drug-likeness (QED) is 0.101. The molecule has 1 rings (SSSR count). The highest BCUT2D eigenvalue weighted by Gasteiger charge is 2.33. The largest absolute Gasteiger partial charge is 0.394 e. The van der Waals surface area contributed by atoms with E-state index in [1.54, 1.807) is 0 Å². The van der Waals surface area contributed by atoms with Gasteiger partial charge in [-0.1, -0.05) is 0 Å². The van der Waals surface area contributed by atoms with Crippen molar-refractivity contribution in [2.75, 3.05) is 26.4 Å². The first-order chi connectivity index (χ1) is 14.6. The maximum atomic E-state index is 13.0. The first-order valence-electron chi connectivity index (χ1n) is 8.92. The molecule has 1 aromatic carbocycles. The molecule has 2 atom stereocenters. The zero-order chi connectivity index (χ0) is 23.9. The lowest BCUT2D eigenvalue weighted by Crippen LogP contribution is -2.43. The second-order valence-electron chi connectivity index (χ2n) is 6.52. The Morgan fingerprint density at radius 2 is 1.16 bits per heavy atom. The topological polar surface area (TPSA) is 192 Å². The Labute approximate surface area is 219 Å². The van der Waals surface area contributed by atoms with Crippen molar-refractivity contribution in [2.45, 2.75) is 31.2 Å². The van der Waals surface area contributed by atoms with Gasteiger partial charge in [-0.05, 0) is 74.7 Å². The van der Waals surface area contributed by atoms with E-state index in [4.69, 9.17) is 0 Å². The molecule has 9 N–H and O–H groups in total. The van der Waals surface area contributed by atoms with Crippen LogP contribution in [-0.2, 0) is 0 Å². The van der Waals surface area contributed by atoms with E-state index in [2.05, 4.69) is 10.6 Å². The van der Waals surface area contributed by atoms with Crippen LogP contribution in [0.2, 0.25) is 0 Å². The van der Waals surface area contributed by atoms with Gasteiger partial charge in [0, 0.05) is 16.3 Å². The SMILES string of the molecule is C[C@H](O)C(NO)c1c(I)c(C(=O)NC(CO)CO)c(I)c(C(=O)NC(CO)CO)c1I. The lowest BCUT2D eigenvalue weighted by Gasteiger charge is -2.26. The Kier molecular flexibility index (Phi) is 12.9. The fourth-order valence-electron chi connectivity index (χ4n) is 2.58. The van der Waals surface area contributed by atoms with Gasteiger partial charge in [0.15, 0.2) is 0 Å². The van der Waals surface area contributed by atoms with Crippen molar-refractivity contribution < 1.29 is 40.3 Å². The molecule has 2 amide bonds. The van der Waals surface area contributed by atoms with Crippen molar-refractivity contribution in [1.29, 1.82) is 0 Å². The van der Waals surface area contributed by atoms with Crippen molar-refractivity contribution in [1.82, 2.24) is 16.1 Å². The minimum absolute atomic E-state index is 0.0408. The van der Waals surface area contributed by atoms with Crippen molar-refractivity contribution >= 4 is 79.6 Å². The van der Waals surface area contributed by atoms with Gasteiger partial charge in [0.25, 0.3) is 11.8 Å². The number of aliphatic hydroxyl groups is 5. The van der Waals surface area contributed by atoms with Crippen LogP contribution in [0.5, 0.6) is 0 Å². The first-order valence-corrected chi connectivity index (χ1v) is 12.2. The number of amides is 2. The second kappa shape index (κ2) is 13.7. The Morgan fingerprint density at radius 1 is 0.806 bits per heavy atom. The van der Waals surface area contributed by atoms with Crippen LogP contribution in [0.25, 0.3) is 0 Å².